The molecule has 1 aromatic rings. The third kappa shape index (κ3) is 6.86. The highest BCUT2D eigenvalue weighted by molar-refractivity contribution is 6.04. The maximum absolute atomic E-state index is 12.6. The smallest absolute Gasteiger partial charge is 0.408 e. The Hall–Kier alpha value is -2.58. The van der Waals surface area contributed by atoms with Crippen LogP contribution in [0.3, 0.4) is 0 Å². The fraction of sp³-hybridized carbons (Fsp3) is 0.684. The molecule has 0 fully saturated rings. The fourth-order valence-corrected chi connectivity index (χ4v) is 2.68. The van der Waals surface area contributed by atoms with Crippen LogP contribution in [0.4, 0.5) is 4.79 Å². The van der Waals surface area contributed by atoms with Crippen LogP contribution in [0.2, 0.25) is 0 Å². The number of nitrogens with one attached hydrogen (secondary N) is 2. The second-order valence-corrected chi connectivity index (χ2v) is 7.72. The van der Waals surface area contributed by atoms with Crippen molar-refractivity contribution in [2.75, 3.05) is 6.61 Å². The standard InChI is InChI=1S/C19H32N4O5/c1-9-27-17(25)15(21-18(26)28-19(5,6)7)16(24)20-11(2)10-14-12(3)22-23(8)13(14)4/h11,15H,9-10H2,1-8H3,(H,20,24)(H,21,26)/t11-,15-/m1/s1. The summed E-state index contributed by atoms with van der Waals surface area (Å²) in [7, 11) is 1.86. The van der Waals surface area contributed by atoms with Crippen LogP contribution in [-0.4, -0.2) is 52.0 Å². The summed E-state index contributed by atoms with van der Waals surface area (Å²) in [6.45, 7) is 12.4. The van der Waals surface area contributed by atoms with Crippen molar-refractivity contribution in [3.05, 3.63) is 17.0 Å². The molecule has 0 spiro atoms. The zero-order valence-electron chi connectivity index (χ0n) is 18.0. The number of rotatable bonds is 7. The Morgan fingerprint density at radius 1 is 1.18 bits per heavy atom. The Labute approximate surface area is 166 Å². The highest BCUT2D eigenvalue weighted by atomic mass is 16.6. The second-order valence-electron chi connectivity index (χ2n) is 7.72. The van der Waals surface area contributed by atoms with E-state index in [2.05, 4.69) is 15.7 Å². The highest BCUT2D eigenvalue weighted by Crippen LogP contribution is 2.14. The van der Waals surface area contributed by atoms with Crippen molar-refractivity contribution in [1.82, 2.24) is 20.4 Å². The lowest BCUT2D eigenvalue weighted by molar-refractivity contribution is -0.149. The number of esters is 1. The first-order valence-corrected chi connectivity index (χ1v) is 9.31. The molecule has 1 rings (SSSR count). The van der Waals surface area contributed by atoms with Crippen LogP contribution in [0.5, 0.6) is 0 Å². The van der Waals surface area contributed by atoms with Crippen LogP contribution in [0.25, 0.3) is 0 Å². The monoisotopic (exact) mass is 396 g/mol. The van der Waals surface area contributed by atoms with Gasteiger partial charge < -0.3 is 14.8 Å². The summed E-state index contributed by atoms with van der Waals surface area (Å²) in [4.78, 5) is 36.8. The predicted octanol–water partition coefficient (Wildman–Crippen LogP) is 1.54. The largest absolute Gasteiger partial charge is 0.464 e. The average molecular weight is 396 g/mol. The molecule has 0 aliphatic rings. The minimum Gasteiger partial charge on any atom is -0.464 e. The fourth-order valence-electron chi connectivity index (χ4n) is 2.68. The Morgan fingerprint density at radius 3 is 2.25 bits per heavy atom. The van der Waals surface area contributed by atoms with Crippen molar-refractivity contribution in [3.63, 3.8) is 0 Å². The van der Waals surface area contributed by atoms with Gasteiger partial charge in [-0.1, -0.05) is 0 Å². The first kappa shape index (κ1) is 23.5. The van der Waals surface area contributed by atoms with Crippen molar-refractivity contribution in [2.45, 2.75) is 72.6 Å². The van der Waals surface area contributed by atoms with E-state index >= 15 is 0 Å². The summed E-state index contributed by atoms with van der Waals surface area (Å²) >= 11 is 0. The molecule has 0 unspecified atom stereocenters. The van der Waals surface area contributed by atoms with Gasteiger partial charge in [-0.15, -0.1) is 0 Å². The van der Waals surface area contributed by atoms with Crippen LogP contribution in [-0.2, 0) is 32.5 Å². The van der Waals surface area contributed by atoms with E-state index < -0.39 is 29.6 Å². The average Bonchev–Trinajstić information content (AvgIpc) is 2.77. The molecule has 2 amide bonds. The van der Waals surface area contributed by atoms with Gasteiger partial charge in [0.25, 0.3) is 5.91 Å². The molecular weight excluding hydrogens is 364 g/mol. The van der Waals surface area contributed by atoms with Crippen LogP contribution in [0.15, 0.2) is 0 Å². The number of aromatic nitrogens is 2. The van der Waals surface area contributed by atoms with E-state index in [9.17, 15) is 14.4 Å². The number of alkyl carbamates (subject to hydrolysis) is 1. The zero-order chi connectivity index (χ0) is 21.6. The van der Waals surface area contributed by atoms with E-state index in [0.717, 1.165) is 17.0 Å². The van der Waals surface area contributed by atoms with Gasteiger partial charge in [0.05, 0.1) is 12.3 Å². The number of hydrogen-bond donors (Lipinski definition) is 2. The third-order valence-electron chi connectivity index (χ3n) is 4.00. The molecule has 9 heteroatoms. The molecule has 1 heterocycles. The van der Waals surface area contributed by atoms with Gasteiger partial charge in [0.1, 0.15) is 5.60 Å². The third-order valence-corrected chi connectivity index (χ3v) is 4.00. The van der Waals surface area contributed by atoms with Crippen molar-refractivity contribution < 1.29 is 23.9 Å². The second kappa shape index (κ2) is 9.57. The molecular formula is C19H32N4O5. The van der Waals surface area contributed by atoms with Gasteiger partial charge in [-0.25, -0.2) is 9.59 Å². The van der Waals surface area contributed by atoms with Crippen LogP contribution < -0.4 is 10.6 Å². The number of carbonyl (C=O) groups is 3. The molecule has 0 saturated carbocycles. The molecule has 0 aliphatic carbocycles. The molecule has 2 atom stereocenters. The lowest BCUT2D eigenvalue weighted by Crippen LogP contribution is -2.54. The first-order valence-electron chi connectivity index (χ1n) is 9.31. The summed E-state index contributed by atoms with van der Waals surface area (Å²) < 4.78 is 11.8. The first-order chi connectivity index (χ1) is 12.9. The van der Waals surface area contributed by atoms with Crippen LogP contribution in [0.1, 0.15) is 51.6 Å². The van der Waals surface area contributed by atoms with Crippen LogP contribution >= 0.6 is 0 Å². The number of ether oxygens (including phenoxy) is 2. The minimum absolute atomic E-state index is 0.0856. The molecule has 9 nitrogen and oxygen atoms in total. The van der Waals surface area contributed by atoms with Crippen molar-refractivity contribution in [2.24, 2.45) is 7.05 Å². The van der Waals surface area contributed by atoms with Gasteiger partial charge in [-0.05, 0) is 60.5 Å². The number of amides is 2. The summed E-state index contributed by atoms with van der Waals surface area (Å²) in [6.07, 6.45) is -0.327. The zero-order valence-corrected chi connectivity index (χ0v) is 18.0. The van der Waals surface area contributed by atoms with Gasteiger partial charge in [0.15, 0.2) is 0 Å². The van der Waals surface area contributed by atoms with Crippen molar-refractivity contribution in [3.8, 4) is 0 Å². The summed E-state index contributed by atoms with van der Waals surface area (Å²) in [6, 6.07) is -1.78. The number of carbonyl (C=O) groups excluding carboxylic acids is 3. The Kier molecular flexibility index (Phi) is 8.01. The summed E-state index contributed by atoms with van der Waals surface area (Å²) in [5, 5.41) is 9.40. The SMILES string of the molecule is CCOC(=O)[C@H](NC(=O)OC(C)(C)C)C(=O)N[C@H](C)Cc1c(C)nn(C)c1C. The Bertz CT molecular complexity index is 721. The number of nitrogens with zero attached hydrogens (tertiary/aromatic N) is 2. The molecule has 2 N–H and O–H groups in total. The van der Waals surface area contributed by atoms with Crippen LogP contribution in [0, 0.1) is 13.8 Å². The van der Waals surface area contributed by atoms with Gasteiger partial charge in [-0.3, -0.25) is 14.8 Å². The molecule has 1 aromatic heterocycles. The Morgan fingerprint density at radius 2 is 1.79 bits per heavy atom. The van der Waals surface area contributed by atoms with E-state index in [-0.39, 0.29) is 12.6 Å². The molecule has 0 bridgehead atoms. The van der Waals surface area contributed by atoms with E-state index in [1.54, 1.807) is 32.4 Å². The van der Waals surface area contributed by atoms with E-state index in [0.29, 0.717) is 6.42 Å². The molecule has 28 heavy (non-hydrogen) atoms. The lowest BCUT2D eigenvalue weighted by Gasteiger charge is -2.23. The molecule has 0 radical (unpaired) electrons. The Balaban J connectivity index is 2.84. The predicted molar refractivity (Wildman–Crippen MR) is 104 cm³/mol. The van der Waals surface area contributed by atoms with E-state index in [4.69, 9.17) is 9.47 Å². The normalized spacial score (nSPS) is 13.4. The maximum Gasteiger partial charge on any atom is 0.408 e. The van der Waals surface area contributed by atoms with Crippen molar-refractivity contribution >= 4 is 18.0 Å². The van der Waals surface area contributed by atoms with Gasteiger partial charge >= 0.3 is 12.1 Å². The van der Waals surface area contributed by atoms with Crippen molar-refractivity contribution in [1.29, 1.82) is 0 Å². The maximum atomic E-state index is 12.6. The molecule has 0 aromatic carbocycles. The quantitative estimate of drug-likeness (QED) is 0.534. The molecule has 0 aliphatic heterocycles. The van der Waals surface area contributed by atoms with E-state index in [1.165, 1.54) is 0 Å². The van der Waals surface area contributed by atoms with Gasteiger partial charge in [-0.2, -0.15) is 5.10 Å². The van der Waals surface area contributed by atoms with Gasteiger partial charge in [0.2, 0.25) is 6.04 Å². The highest BCUT2D eigenvalue weighted by Gasteiger charge is 2.32. The van der Waals surface area contributed by atoms with E-state index in [1.807, 2.05) is 27.8 Å². The van der Waals surface area contributed by atoms with Gasteiger partial charge in [0, 0.05) is 18.8 Å². The minimum atomic E-state index is -1.49. The number of aryl methyl sites for hydroxylation is 2. The topological polar surface area (TPSA) is 112 Å². The summed E-state index contributed by atoms with van der Waals surface area (Å²) in [5.74, 6) is -1.50. The molecule has 158 valence electrons. The lowest BCUT2D eigenvalue weighted by atomic mass is 10.0. The molecule has 0 saturated heterocycles. The number of hydrogen-bond acceptors (Lipinski definition) is 6. The summed E-state index contributed by atoms with van der Waals surface area (Å²) in [5.41, 5.74) is 2.16.